The van der Waals surface area contributed by atoms with Crippen molar-refractivity contribution >= 4 is 41.0 Å². The van der Waals surface area contributed by atoms with Crippen molar-refractivity contribution in [3.05, 3.63) is 107 Å². The Labute approximate surface area is 249 Å². The van der Waals surface area contributed by atoms with Gasteiger partial charge in [-0.05, 0) is 69.7 Å². The van der Waals surface area contributed by atoms with E-state index in [1.807, 2.05) is 38.1 Å². The first-order valence-electron chi connectivity index (χ1n) is 13.2. The van der Waals surface area contributed by atoms with Crippen molar-refractivity contribution in [3.63, 3.8) is 0 Å². The molecule has 1 aliphatic rings. The van der Waals surface area contributed by atoms with Crippen LogP contribution in [0.2, 0.25) is 5.02 Å². The molecule has 0 spiro atoms. The second kappa shape index (κ2) is 11.8. The maximum Gasteiger partial charge on any atom is 0.338 e. The van der Waals surface area contributed by atoms with Crippen molar-refractivity contribution in [1.29, 1.82) is 0 Å². The average Bonchev–Trinajstić information content (AvgIpc) is 3.52. The van der Waals surface area contributed by atoms with E-state index in [-0.39, 0.29) is 34.4 Å². The number of hydrogen-bond donors (Lipinski definition) is 1. The number of halogens is 1. The molecule has 2 aromatic carbocycles. The first kappa shape index (κ1) is 29.1. The summed E-state index contributed by atoms with van der Waals surface area (Å²) in [6, 6.07) is 14.5. The number of ether oxygens (including phenoxy) is 2. The van der Waals surface area contributed by atoms with Gasteiger partial charge >= 0.3 is 11.9 Å². The predicted octanol–water partition coefficient (Wildman–Crippen LogP) is 5.20. The zero-order chi connectivity index (χ0) is 30.1. The van der Waals surface area contributed by atoms with E-state index in [9.17, 15) is 19.5 Å². The largest absolute Gasteiger partial charge is 0.491 e. The minimum Gasteiger partial charge on any atom is -0.491 e. The Morgan fingerprint density at radius 1 is 1.17 bits per heavy atom. The van der Waals surface area contributed by atoms with Crippen molar-refractivity contribution in [2.45, 2.75) is 39.8 Å². The normalized spacial score (nSPS) is 15.0. The van der Waals surface area contributed by atoms with E-state index in [0.717, 1.165) is 0 Å². The van der Waals surface area contributed by atoms with Crippen molar-refractivity contribution in [2.75, 3.05) is 6.61 Å². The van der Waals surface area contributed by atoms with Crippen molar-refractivity contribution in [1.82, 2.24) is 4.57 Å². The van der Waals surface area contributed by atoms with Gasteiger partial charge in [-0.3, -0.25) is 9.36 Å². The molecular weight excluding hydrogens is 580 g/mol. The third kappa shape index (κ3) is 5.68. The number of carbonyl (C=O) groups is 2. The molecule has 0 unspecified atom stereocenters. The Kier molecular flexibility index (Phi) is 8.20. The number of esters is 1. The number of rotatable bonds is 8. The summed E-state index contributed by atoms with van der Waals surface area (Å²) in [5, 5.41) is 9.32. The molecule has 1 N–H and O–H groups in total. The van der Waals surface area contributed by atoms with Gasteiger partial charge in [-0.25, -0.2) is 14.6 Å². The van der Waals surface area contributed by atoms with Crippen LogP contribution in [0.4, 0.5) is 0 Å². The monoisotopic (exact) mass is 606 g/mol. The van der Waals surface area contributed by atoms with Crippen LogP contribution < -0.4 is 19.6 Å². The standard InChI is InChI=1S/C31H27ClN2O7S/c1-5-39-30(38)26-17(4)33-31-34(27(26)18-6-9-20(10-7-18)40-16(2)3)28(35)25(42-31)15-21-11-13-24(41-21)19-8-12-22(29(36)37)23(32)14-19/h6-16,27H,5H2,1-4H3,(H,36,37)/b25-15-/t27-/m0/s1. The SMILES string of the molecule is CCOC(=O)C1=C(C)N=c2s/c(=C\c3ccc(-c4ccc(C(=O)O)c(Cl)c4)o3)c(=O)n2[C@H]1c1ccc(OC(C)C)cc1. The summed E-state index contributed by atoms with van der Waals surface area (Å²) < 4.78 is 18.9. The van der Waals surface area contributed by atoms with Gasteiger partial charge in [0.15, 0.2) is 4.80 Å². The van der Waals surface area contributed by atoms with Crippen molar-refractivity contribution < 1.29 is 28.6 Å². The van der Waals surface area contributed by atoms with E-state index < -0.39 is 18.0 Å². The smallest absolute Gasteiger partial charge is 0.338 e. The third-order valence-corrected chi connectivity index (χ3v) is 7.76. The molecule has 5 rings (SSSR count). The van der Waals surface area contributed by atoms with E-state index in [0.29, 0.717) is 43.4 Å². The van der Waals surface area contributed by atoms with Crippen LogP contribution in [0.3, 0.4) is 0 Å². The summed E-state index contributed by atoms with van der Waals surface area (Å²) in [6.45, 7) is 7.50. The maximum atomic E-state index is 13.8. The molecule has 3 heterocycles. The molecule has 4 aromatic rings. The molecule has 2 aromatic heterocycles. The first-order chi connectivity index (χ1) is 20.1. The van der Waals surface area contributed by atoms with Crippen LogP contribution in [0.15, 0.2) is 80.1 Å². The number of benzene rings is 2. The van der Waals surface area contributed by atoms with Crippen LogP contribution >= 0.6 is 22.9 Å². The van der Waals surface area contributed by atoms with Gasteiger partial charge in [0, 0.05) is 11.6 Å². The molecule has 11 heteroatoms. The summed E-state index contributed by atoms with van der Waals surface area (Å²) in [5.41, 5.74) is 1.70. The molecule has 1 aliphatic heterocycles. The number of carboxylic acids is 1. The van der Waals surface area contributed by atoms with E-state index in [4.69, 9.17) is 25.5 Å². The number of nitrogens with zero attached hydrogens (tertiary/aromatic N) is 2. The van der Waals surface area contributed by atoms with Crippen LogP contribution in [-0.2, 0) is 9.53 Å². The molecular formula is C31H27ClN2O7S. The molecule has 0 fully saturated rings. The number of aromatic carboxylic acids is 1. The summed E-state index contributed by atoms with van der Waals surface area (Å²) in [4.78, 5) is 43.3. The number of aromatic nitrogens is 1. The Morgan fingerprint density at radius 2 is 1.90 bits per heavy atom. The molecule has 9 nitrogen and oxygen atoms in total. The number of furan rings is 1. The molecule has 0 saturated heterocycles. The van der Waals surface area contributed by atoms with Gasteiger partial charge < -0.3 is 19.0 Å². The van der Waals surface area contributed by atoms with Crippen LogP contribution in [0, 0.1) is 0 Å². The fourth-order valence-electron chi connectivity index (χ4n) is 4.66. The minimum absolute atomic E-state index is 0.00559. The van der Waals surface area contributed by atoms with Gasteiger partial charge in [-0.15, -0.1) is 0 Å². The van der Waals surface area contributed by atoms with Crippen LogP contribution in [-0.4, -0.2) is 34.3 Å². The summed E-state index contributed by atoms with van der Waals surface area (Å²) >= 11 is 7.30. The second-order valence-corrected chi connectivity index (χ2v) is 11.2. The number of thiazole rings is 1. The summed E-state index contributed by atoms with van der Waals surface area (Å²) in [6.07, 6.45) is 1.61. The third-order valence-electron chi connectivity index (χ3n) is 6.47. The highest BCUT2D eigenvalue weighted by molar-refractivity contribution is 7.07. The Balaban J connectivity index is 1.58. The maximum absolute atomic E-state index is 13.8. The first-order valence-corrected chi connectivity index (χ1v) is 14.4. The number of carbonyl (C=O) groups excluding carboxylic acids is 1. The zero-order valence-corrected chi connectivity index (χ0v) is 24.8. The van der Waals surface area contributed by atoms with Crippen LogP contribution in [0.5, 0.6) is 5.75 Å². The van der Waals surface area contributed by atoms with E-state index in [1.165, 1.54) is 28.0 Å². The van der Waals surface area contributed by atoms with Crippen molar-refractivity contribution in [3.8, 4) is 17.1 Å². The molecule has 0 aliphatic carbocycles. The number of hydrogen-bond acceptors (Lipinski definition) is 8. The number of fused-ring (bicyclic) bond motifs is 1. The summed E-state index contributed by atoms with van der Waals surface area (Å²) in [7, 11) is 0. The fraction of sp³-hybridized carbons (Fsp3) is 0.226. The average molecular weight is 607 g/mol. The van der Waals surface area contributed by atoms with Crippen LogP contribution in [0.1, 0.15) is 55.4 Å². The Bertz CT molecular complexity index is 1900. The second-order valence-electron chi connectivity index (χ2n) is 9.74. The lowest BCUT2D eigenvalue weighted by Gasteiger charge is -2.25. The van der Waals surface area contributed by atoms with Gasteiger partial charge in [-0.1, -0.05) is 41.1 Å². The number of allylic oxidation sites excluding steroid dienone is 1. The van der Waals surface area contributed by atoms with E-state index in [1.54, 1.807) is 38.1 Å². The quantitative estimate of drug-likeness (QED) is 0.274. The molecule has 0 bridgehead atoms. The highest BCUT2D eigenvalue weighted by Gasteiger charge is 2.33. The summed E-state index contributed by atoms with van der Waals surface area (Å²) in [5.74, 6) is -0.131. The van der Waals surface area contributed by atoms with Crippen molar-refractivity contribution in [2.24, 2.45) is 4.99 Å². The molecule has 0 radical (unpaired) electrons. The lowest BCUT2D eigenvalue weighted by molar-refractivity contribution is -0.139. The van der Waals surface area contributed by atoms with Crippen LogP contribution in [0.25, 0.3) is 17.4 Å². The van der Waals surface area contributed by atoms with Gasteiger partial charge in [-0.2, -0.15) is 0 Å². The van der Waals surface area contributed by atoms with E-state index >= 15 is 0 Å². The molecule has 1 atom stereocenters. The highest BCUT2D eigenvalue weighted by Crippen LogP contribution is 2.32. The molecule has 216 valence electrons. The lowest BCUT2D eigenvalue weighted by atomic mass is 9.96. The fourth-order valence-corrected chi connectivity index (χ4v) is 5.95. The van der Waals surface area contributed by atoms with E-state index in [2.05, 4.69) is 4.99 Å². The highest BCUT2D eigenvalue weighted by atomic mass is 35.5. The predicted molar refractivity (Wildman–Crippen MR) is 159 cm³/mol. The number of carboxylic acid groups (broad SMARTS) is 1. The Morgan fingerprint density at radius 3 is 2.55 bits per heavy atom. The molecule has 0 saturated carbocycles. The molecule has 0 amide bonds. The lowest BCUT2D eigenvalue weighted by Crippen LogP contribution is -2.39. The van der Waals surface area contributed by atoms with Gasteiger partial charge in [0.25, 0.3) is 5.56 Å². The molecule has 42 heavy (non-hydrogen) atoms. The zero-order valence-electron chi connectivity index (χ0n) is 23.2. The Hall–Kier alpha value is -4.41. The van der Waals surface area contributed by atoms with Gasteiger partial charge in [0.05, 0.1) is 45.1 Å². The van der Waals surface area contributed by atoms with Gasteiger partial charge in [0.1, 0.15) is 17.3 Å². The van der Waals surface area contributed by atoms with Gasteiger partial charge in [0.2, 0.25) is 0 Å². The minimum atomic E-state index is -1.12. The topological polar surface area (TPSA) is 120 Å².